The Kier molecular flexibility index (Phi) is 7.71. The molecule has 0 aliphatic rings. The van der Waals surface area contributed by atoms with Crippen molar-refractivity contribution in [2.45, 2.75) is 38.7 Å². The summed E-state index contributed by atoms with van der Waals surface area (Å²) in [4.78, 5) is 0. The largest absolute Gasteiger partial charge is 0.416 e. The number of hydrogen-bond acceptors (Lipinski definition) is 3. The SMILES string of the molecule is CCOC(OCC)O[SiH2]Cc1cc(C(F)(F)F)cc(C(F)(F)F)c1. The summed E-state index contributed by atoms with van der Waals surface area (Å²) < 4.78 is 92.1. The van der Waals surface area contributed by atoms with Crippen molar-refractivity contribution in [3.8, 4) is 0 Å². The van der Waals surface area contributed by atoms with Gasteiger partial charge in [-0.15, -0.1) is 0 Å². The van der Waals surface area contributed by atoms with Gasteiger partial charge in [0.15, 0.2) is 9.76 Å². The van der Waals surface area contributed by atoms with Crippen molar-refractivity contribution < 1.29 is 40.2 Å². The minimum absolute atomic E-state index is 0.0103. The second kappa shape index (κ2) is 8.84. The molecule has 0 radical (unpaired) electrons. The van der Waals surface area contributed by atoms with Gasteiger partial charge in [0.1, 0.15) is 0 Å². The third-order valence-electron chi connectivity index (χ3n) is 2.90. The van der Waals surface area contributed by atoms with E-state index < -0.39 is 39.7 Å². The maximum atomic E-state index is 12.8. The van der Waals surface area contributed by atoms with Crippen LogP contribution in [0.1, 0.15) is 30.5 Å². The van der Waals surface area contributed by atoms with Gasteiger partial charge in [0.05, 0.1) is 11.1 Å². The molecule has 0 bridgehead atoms. The third kappa shape index (κ3) is 6.79. The molecule has 1 rings (SSSR count). The lowest BCUT2D eigenvalue weighted by molar-refractivity contribution is -0.243. The molecule has 0 fully saturated rings. The Bertz CT molecular complexity index is 480. The van der Waals surface area contributed by atoms with E-state index in [2.05, 4.69) is 0 Å². The fourth-order valence-electron chi connectivity index (χ4n) is 1.85. The van der Waals surface area contributed by atoms with Crippen molar-refractivity contribution >= 4 is 9.76 Å². The molecule has 0 aliphatic heterocycles. The fourth-order valence-corrected chi connectivity index (χ4v) is 2.88. The predicted molar refractivity (Wildman–Crippen MR) is 76.8 cm³/mol. The van der Waals surface area contributed by atoms with E-state index >= 15 is 0 Å². The van der Waals surface area contributed by atoms with Gasteiger partial charge in [-0.05, 0) is 43.7 Å². The second-order valence-corrected chi connectivity index (χ2v) is 5.98. The van der Waals surface area contributed by atoms with Gasteiger partial charge < -0.3 is 13.9 Å². The molecule has 0 unspecified atom stereocenters. The van der Waals surface area contributed by atoms with E-state index in [1.165, 1.54) is 0 Å². The first kappa shape index (κ1) is 20.9. The molecule has 138 valence electrons. The van der Waals surface area contributed by atoms with Crippen LogP contribution in [0, 0.1) is 0 Å². The maximum absolute atomic E-state index is 12.8. The van der Waals surface area contributed by atoms with Gasteiger partial charge in [-0.25, -0.2) is 0 Å². The van der Waals surface area contributed by atoms with Crippen molar-refractivity contribution in [2.75, 3.05) is 13.2 Å². The number of hydrogen-bond donors (Lipinski definition) is 0. The fraction of sp³-hybridized carbons (Fsp3) is 0.571. The molecule has 0 aromatic heterocycles. The number of rotatable bonds is 8. The molecule has 0 saturated carbocycles. The van der Waals surface area contributed by atoms with Crippen LogP contribution in [0.5, 0.6) is 0 Å². The van der Waals surface area contributed by atoms with Gasteiger partial charge >= 0.3 is 12.4 Å². The van der Waals surface area contributed by atoms with Gasteiger partial charge in [0.25, 0.3) is 6.48 Å². The Balaban J connectivity index is 2.87. The average Bonchev–Trinajstić information content (AvgIpc) is 2.45. The molecule has 0 atom stereocenters. The normalized spacial score (nSPS) is 13.4. The molecule has 10 heteroatoms. The topological polar surface area (TPSA) is 27.7 Å². The van der Waals surface area contributed by atoms with Crippen LogP contribution in [0.2, 0.25) is 0 Å². The van der Waals surface area contributed by atoms with Crippen LogP contribution in [-0.4, -0.2) is 29.5 Å². The summed E-state index contributed by atoms with van der Waals surface area (Å²) in [6.07, 6.45) is -9.70. The zero-order valence-electron chi connectivity index (χ0n) is 13.1. The summed E-state index contributed by atoms with van der Waals surface area (Å²) in [6, 6.07) is 1.52. The summed E-state index contributed by atoms with van der Waals surface area (Å²) in [6.45, 7) is 3.08. The van der Waals surface area contributed by atoms with E-state index in [4.69, 9.17) is 13.9 Å². The summed E-state index contributed by atoms with van der Waals surface area (Å²) in [5.41, 5.74) is -2.73. The lowest BCUT2D eigenvalue weighted by Crippen LogP contribution is -2.24. The van der Waals surface area contributed by atoms with Crippen LogP contribution in [0.4, 0.5) is 26.3 Å². The molecule has 0 N–H and O–H groups in total. The van der Waals surface area contributed by atoms with Gasteiger partial charge in [0.2, 0.25) is 0 Å². The van der Waals surface area contributed by atoms with Crippen LogP contribution in [0.15, 0.2) is 18.2 Å². The summed E-state index contributed by atoms with van der Waals surface area (Å²) >= 11 is 0. The molecule has 1 aromatic carbocycles. The van der Waals surface area contributed by atoms with E-state index in [9.17, 15) is 26.3 Å². The molecule has 0 saturated heterocycles. The van der Waals surface area contributed by atoms with Crippen LogP contribution in [0.3, 0.4) is 0 Å². The Hall–Kier alpha value is -1.10. The quantitative estimate of drug-likeness (QED) is 0.394. The minimum atomic E-state index is -4.85. The summed E-state index contributed by atoms with van der Waals surface area (Å²) in [7, 11) is -1.48. The lowest BCUT2D eigenvalue weighted by Gasteiger charge is -2.18. The molecule has 0 aliphatic carbocycles. The number of ether oxygens (including phenoxy) is 2. The Morgan fingerprint density at radius 2 is 1.33 bits per heavy atom. The Labute approximate surface area is 137 Å². The first-order valence-corrected chi connectivity index (χ1v) is 8.78. The zero-order valence-corrected chi connectivity index (χ0v) is 14.5. The van der Waals surface area contributed by atoms with Crippen molar-refractivity contribution in [3.63, 3.8) is 0 Å². The molecule has 1 aromatic rings. The van der Waals surface area contributed by atoms with Crippen molar-refractivity contribution in [1.82, 2.24) is 0 Å². The predicted octanol–water partition coefficient (Wildman–Crippen LogP) is 3.68. The van der Waals surface area contributed by atoms with Crippen molar-refractivity contribution in [1.29, 1.82) is 0 Å². The van der Waals surface area contributed by atoms with Gasteiger partial charge in [-0.1, -0.05) is 0 Å². The Morgan fingerprint density at radius 1 is 0.875 bits per heavy atom. The van der Waals surface area contributed by atoms with Crippen LogP contribution in [-0.2, 0) is 32.3 Å². The monoisotopic (exact) mass is 376 g/mol. The van der Waals surface area contributed by atoms with E-state index in [0.717, 1.165) is 0 Å². The van der Waals surface area contributed by atoms with E-state index in [1.54, 1.807) is 13.8 Å². The Morgan fingerprint density at radius 3 is 1.71 bits per heavy atom. The highest BCUT2D eigenvalue weighted by Gasteiger charge is 2.36. The van der Waals surface area contributed by atoms with Gasteiger partial charge in [0, 0.05) is 13.2 Å². The molecule has 0 spiro atoms. The first-order valence-electron chi connectivity index (χ1n) is 7.21. The molecule has 0 amide bonds. The average molecular weight is 376 g/mol. The zero-order chi connectivity index (χ0) is 18.4. The van der Waals surface area contributed by atoms with E-state index in [1.807, 2.05) is 0 Å². The second-order valence-electron chi connectivity index (χ2n) is 4.73. The van der Waals surface area contributed by atoms with E-state index in [-0.39, 0.29) is 17.7 Å². The standard InChI is InChI=1S/C14H18F6O3Si/c1-3-21-12(22-4-2)23-24-8-9-5-10(13(15,16)17)7-11(6-9)14(18,19)20/h5-7,12H,3-4,8,24H2,1-2H3. The molecular formula is C14H18F6O3Si. The van der Waals surface area contributed by atoms with Gasteiger partial charge in [-0.2, -0.15) is 26.3 Å². The summed E-state index contributed by atoms with van der Waals surface area (Å²) in [5.74, 6) is 0. The molecule has 0 heterocycles. The summed E-state index contributed by atoms with van der Waals surface area (Å²) in [5, 5.41) is 0. The van der Waals surface area contributed by atoms with Gasteiger partial charge in [-0.3, -0.25) is 0 Å². The molecule has 24 heavy (non-hydrogen) atoms. The van der Waals surface area contributed by atoms with Crippen molar-refractivity contribution in [3.05, 3.63) is 34.9 Å². The highest BCUT2D eigenvalue weighted by atomic mass is 28.2. The molecule has 3 nitrogen and oxygen atoms in total. The number of alkyl halides is 6. The molecular weight excluding hydrogens is 358 g/mol. The van der Waals surface area contributed by atoms with E-state index in [0.29, 0.717) is 25.3 Å². The highest BCUT2D eigenvalue weighted by molar-refractivity contribution is 6.26. The first-order chi connectivity index (χ1) is 11.1. The number of benzene rings is 1. The van der Waals surface area contributed by atoms with Crippen LogP contribution in [0.25, 0.3) is 0 Å². The minimum Gasteiger partial charge on any atom is -0.378 e. The highest BCUT2D eigenvalue weighted by Crippen LogP contribution is 2.36. The number of halogens is 6. The third-order valence-corrected chi connectivity index (χ3v) is 4.19. The van der Waals surface area contributed by atoms with Crippen molar-refractivity contribution in [2.24, 2.45) is 0 Å². The maximum Gasteiger partial charge on any atom is 0.416 e. The van der Waals surface area contributed by atoms with Crippen LogP contribution < -0.4 is 0 Å². The smallest absolute Gasteiger partial charge is 0.378 e. The van der Waals surface area contributed by atoms with Crippen LogP contribution >= 0.6 is 0 Å². The lowest BCUT2D eigenvalue weighted by atomic mass is 10.1.